The van der Waals surface area contributed by atoms with Crippen LogP contribution in [0.3, 0.4) is 0 Å². The molecule has 0 atom stereocenters. The van der Waals surface area contributed by atoms with Crippen LogP contribution in [0.1, 0.15) is 12.8 Å². The molecule has 0 unspecified atom stereocenters. The van der Waals surface area contributed by atoms with Crippen LogP contribution in [-0.2, 0) is 6.54 Å². The third-order valence-corrected chi connectivity index (χ3v) is 6.25. The highest BCUT2D eigenvalue weighted by molar-refractivity contribution is 7.13. The molecule has 0 spiro atoms. The van der Waals surface area contributed by atoms with Crippen LogP contribution in [0.15, 0.2) is 41.5 Å². The highest BCUT2D eigenvalue weighted by Gasteiger charge is 2.18. The number of methoxy groups -OCH3 is 1. The molecule has 0 aliphatic carbocycles. The Morgan fingerprint density at radius 2 is 1.82 bits per heavy atom. The predicted octanol–water partition coefficient (Wildman–Crippen LogP) is 2.46. The van der Waals surface area contributed by atoms with E-state index in [-0.39, 0.29) is 5.56 Å². The van der Waals surface area contributed by atoms with Crippen molar-refractivity contribution in [1.29, 1.82) is 0 Å². The van der Waals surface area contributed by atoms with Crippen molar-refractivity contribution in [2.75, 3.05) is 44.7 Å². The summed E-state index contributed by atoms with van der Waals surface area (Å²) in [6.07, 6.45) is 5.68. The summed E-state index contributed by atoms with van der Waals surface area (Å²) >= 11 is 1.53. The van der Waals surface area contributed by atoms with Crippen molar-refractivity contribution in [1.82, 2.24) is 18.8 Å². The summed E-state index contributed by atoms with van der Waals surface area (Å²) in [5.74, 6) is 1.61. The van der Waals surface area contributed by atoms with E-state index in [9.17, 15) is 4.79 Å². The maximum atomic E-state index is 12.5. The number of aromatic nitrogens is 3. The molecule has 7 nitrogen and oxygen atoms in total. The first kappa shape index (κ1) is 18.9. The number of hydrogen-bond donors (Lipinski definition) is 0. The summed E-state index contributed by atoms with van der Waals surface area (Å²) < 4.78 is 8.11. The second kappa shape index (κ2) is 8.70. The lowest BCUT2D eigenvalue weighted by atomic mass is 10.2. The Hall–Kier alpha value is -2.45. The lowest BCUT2D eigenvalue weighted by Crippen LogP contribution is -2.47. The van der Waals surface area contributed by atoms with E-state index in [4.69, 9.17) is 4.74 Å². The lowest BCUT2D eigenvalue weighted by Gasteiger charge is -2.34. The number of unbranched alkanes of at least 4 members (excludes halogenated alkanes) is 1. The molecule has 3 heterocycles. The van der Waals surface area contributed by atoms with Crippen molar-refractivity contribution < 1.29 is 4.74 Å². The largest absolute Gasteiger partial charge is 0.497 e. The van der Waals surface area contributed by atoms with Crippen molar-refractivity contribution in [2.24, 2.45) is 0 Å². The smallest absolute Gasteiger partial charge is 0.268 e. The van der Waals surface area contributed by atoms with Crippen LogP contribution in [0.5, 0.6) is 5.75 Å². The van der Waals surface area contributed by atoms with Gasteiger partial charge in [0.05, 0.1) is 17.2 Å². The SMILES string of the molecule is COc1ccc2c(=O)n(CCCCN3CCN(c4ncccn4)CC3)sc2c1. The molecule has 148 valence electrons. The second-order valence-corrected chi connectivity index (χ2v) is 8.01. The molecule has 1 aliphatic heterocycles. The van der Waals surface area contributed by atoms with Crippen LogP contribution in [0.4, 0.5) is 5.95 Å². The van der Waals surface area contributed by atoms with E-state index >= 15 is 0 Å². The Kier molecular flexibility index (Phi) is 5.87. The maximum absolute atomic E-state index is 12.5. The molecule has 4 rings (SSSR count). The van der Waals surface area contributed by atoms with Gasteiger partial charge in [-0.3, -0.25) is 13.7 Å². The molecule has 8 heteroatoms. The summed E-state index contributed by atoms with van der Waals surface area (Å²) in [6.45, 7) is 5.82. The molecule has 1 aliphatic rings. The number of ether oxygens (including phenoxy) is 1. The van der Waals surface area contributed by atoms with Crippen molar-refractivity contribution in [3.05, 3.63) is 47.0 Å². The molecule has 0 amide bonds. The van der Waals surface area contributed by atoms with E-state index in [1.807, 2.05) is 28.2 Å². The number of nitrogens with zero attached hydrogens (tertiary/aromatic N) is 5. The Balaban J connectivity index is 1.24. The number of anilines is 1. The quantitative estimate of drug-likeness (QED) is 0.569. The standard InChI is InChI=1S/C20H25N5O2S/c1-27-16-5-6-17-18(15-16)28-25(19(17)26)10-3-2-9-23-11-13-24(14-12-23)20-21-7-4-8-22-20/h4-8,15H,2-3,9-14H2,1H3. The normalized spacial score (nSPS) is 15.2. The number of rotatable bonds is 7. The first-order valence-corrected chi connectivity index (χ1v) is 10.4. The summed E-state index contributed by atoms with van der Waals surface area (Å²) in [7, 11) is 1.65. The summed E-state index contributed by atoms with van der Waals surface area (Å²) in [6, 6.07) is 7.49. The van der Waals surface area contributed by atoms with Crippen LogP contribution in [0.25, 0.3) is 10.1 Å². The molecule has 1 fully saturated rings. The zero-order valence-electron chi connectivity index (χ0n) is 16.1. The number of aryl methyl sites for hydroxylation is 1. The van der Waals surface area contributed by atoms with Gasteiger partial charge in [0.15, 0.2) is 0 Å². The van der Waals surface area contributed by atoms with Gasteiger partial charge < -0.3 is 9.64 Å². The van der Waals surface area contributed by atoms with E-state index in [1.54, 1.807) is 19.5 Å². The Morgan fingerprint density at radius 1 is 1.07 bits per heavy atom. The topological polar surface area (TPSA) is 63.5 Å². The van der Waals surface area contributed by atoms with Crippen molar-refractivity contribution >= 4 is 27.6 Å². The number of fused-ring (bicyclic) bond motifs is 1. The molecule has 1 saturated heterocycles. The fourth-order valence-electron chi connectivity index (χ4n) is 3.54. The number of benzene rings is 1. The van der Waals surface area contributed by atoms with E-state index in [2.05, 4.69) is 19.8 Å². The van der Waals surface area contributed by atoms with E-state index < -0.39 is 0 Å². The first-order chi connectivity index (χ1) is 13.7. The minimum Gasteiger partial charge on any atom is -0.497 e. The number of hydrogen-bond acceptors (Lipinski definition) is 7. The molecule has 28 heavy (non-hydrogen) atoms. The molecule has 1 aromatic carbocycles. The molecular formula is C20H25N5O2S. The molecule has 0 N–H and O–H groups in total. The monoisotopic (exact) mass is 399 g/mol. The molecule has 3 aromatic rings. The Morgan fingerprint density at radius 3 is 2.57 bits per heavy atom. The summed E-state index contributed by atoms with van der Waals surface area (Å²) in [5.41, 5.74) is 0.110. The van der Waals surface area contributed by atoms with E-state index in [0.29, 0.717) is 0 Å². The average molecular weight is 400 g/mol. The van der Waals surface area contributed by atoms with Crippen LogP contribution < -0.4 is 15.2 Å². The van der Waals surface area contributed by atoms with Gasteiger partial charge in [-0.15, -0.1) is 0 Å². The summed E-state index contributed by atoms with van der Waals surface area (Å²) in [5, 5.41) is 0.782. The molecule has 0 saturated carbocycles. The summed E-state index contributed by atoms with van der Waals surface area (Å²) in [4.78, 5) is 25.9. The van der Waals surface area contributed by atoms with Crippen LogP contribution >= 0.6 is 11.5 Å². The van der Waals surface area contributed by atoms with Gasteiger partial charge in [0, 0.05) is 45.1 Å². The molecule has 0 bridgehead atoms. The fraction of sp³-hybridized carbons (Fsp3) is 0.450. The van der Waals surface area contributed by atoms with E-state index in [1.165, 1.54) is 11.5 Å². The van der Waals surface area contributed by atoms with Gasteiger partial charge in [-0.2, -0.15) is 0 Å². The first-order valence-electron chi connectivity index (χ1n) is 9.67. The molecular weight excluding hydrogens is 374 g/mol. The van der Waals surface area contributed by atoms with Gasteiger partial charge >= 0.3 is 0 Å². The van der Waals surface area contributed by atoms with Crippen LogP contribution in [0.2, 0.25) is 0 Å². The van der Waals surface area contributed by atoms with Gasteiger partial charge in [0.25, 0.3) is 5.56 Å². The molecule has 0 radical (unpaired) electrons. The maximum Gasteiger partial charge on any atom is 0.268 e. The van der Waals surface area contributed by atoms with Gasteiger partial charge in [-0.05, 0) is 43.7 Å². The van der Waals surface area contributed by atoms with E-state index in [0.717, 1.165) is 73.9 Å². The zero-order valence-corrected chi connectivity index (χ0v) is 16.9. The highest BCUT2D eigenvalue weighted by atomic mass is 32.1. The second-order valence-electron chi connectivity index (χ2n) is 6.95. The fourth-order valence-corrected chi connectivity index (χ4v) is 4.60. The van der Waals surface area contributed by atoms with Gasteiger partial charge in [0.1, 0.15) is 5.75 Å². The number of piperazine rings is 1. The Bertz CT molecular complexity index is 964. The van der Waals surface area contributed by atoms with Gasteiger partial charge in [-0.1, -0.05) is 11.5 Å². The van der Waals surface area contributed by atoms with Crippen LogP contribution in [0, 0.1) is 0 Å². The predicted molar refractivity (Wildman–Crippen MR) is 113 cm³/mol. The van der Waals surface area contributed by atoms with Crippen molar-refractivity contribution in [3.63, 3.8) is 0 Å². The van der Waals surface area contributed by atoms with Crippen molar-refractivity contribution in [2.45, 2.75) is 19.4 Å². The van der Waals surface area contributed by atoms with Gasteiger partial charge in [0.2, 0.25) is 5.95 Å². The van der Waals surface area contributed by atoms with Crippen LogP contribution in [-0.4, -0.2) is 58.7 Å². The average Bonchev–Trinajstić information content (AvgIpc) is 3.07. The van der Waals surface area contributed by atoms with Crippen molar-refractivity contribution in [3.8, 4) is 5.75 Å². The lowest BCUT2D eigenvalue weighted by molar-refractivity contribution is 0.250. The van der Waals surface area contributed by atoms with Gasteiger partial charge in [-0.25, -0.2) is 9.97 Å². The third-order valence-electron chi connectivity index (χ3n) is 5.15. The minimum absolute atomic E-state index is 0.110. The minimum atomic E-state index is 0.110. The molecule has 2 aromatic heterocycles. The zero-order chi connectivity index (χ0) is 19.3. The Labute approximate surface area is 168 Å². The third kappa shape index (κ3) is 4.18. The highest BCUT2D eigenvalue weighted by Crippen LogP contribution is 2.22.